The van der Waals surface area contributed by atoms with Gasteiger partial charge in [0, 0.05) is 28.9 Å². The molecule has 332 valence electrons. The quantitative estimate of drug-likeness (QED) is 0.156. The zero-order chi connectivity index (χ0) is 45.3. The average molecular weight is 1030 g/mol. The fraction of sp³-hybridized carbons (Fsp3) is 0.379. The number of fused-ring (bicyclic) bond motifs is 6. The largest absolute Gasteiger partial charge is 2.00 e. The Morgan fingerprint density at radius 2 is 1.36 bits per heavy atom. The van der Waals surface area contributed by atoms with Crippen LogP contribution in [0.3, 0.4) is 0 Å². The Balaban J connectivity index is 0.00000560. The van der Waals surface area contributed by atoms with Gasteiger partial charge in [0.05, 0.1) is 16.9 Å². The van der Waals surface area contributed by atoms with Crippen molar-refractivity contribution in [1.29, 1.82) is 0 Å². The zero-order valence-corrected chi connectivity index (χ0v) is 43.1. The minimum Gasteiger partial charge on any atom is -0.503 e. The van der Waals surface area contributed by atoms with E-state index in [0.717, 1.165) is 40.1 Å². The SMILES string of the molecule is Cc1ccc2c(c1C)C[C@@]1(C)N=C(c3[c-]c(Oc4[c-]c5c(cc4)c4cc(C(C)(C)C)ccc4n5-c4cc(C(C)(C)C)ccn4)cc(C(C)C)c3)N(c3c(C)c(C)cc(C)c3C)[C@@]21C.[Pt+2]. The number of ether oxygens (including phenoxy) is 1. The van der Waals surface area contributed by atoms with Crippen LogP contribution in [-0.2, 0) is 43.9 Å². The fourth-order valence-corrected chi connectivity index (χ4v) is 10.3. The van der Waals surface area contributed by atoms with Crippen molar-refractivity contribution in [3.63, 3.8) is 0 Å². The van der Waals surface area contributed by atoms with Crippen LogP contribution in [0.15, 0.2) is 84.0 Å². The number of rotatable bonds is 6. The Morgan fingerprint density at radius 3 is 2.02 bits per heavy atom. The van der Waals surface area contributed by atoms with Gasteiger partial charge >= 0.3 is 21.1 Å². The van der Waals surface area contributed by atoms with E-state index in [0.29, 0.717) is 11.5 Å². The summed E-state index contributed by atoms with van der Waals surface area (Å²) in [5.74, 6) is 3.31. The molecule has 0 saturated carbocycles. The van der Waals surface area contributed by atoms with Gasteiger partial charge in [-0.1, -0.05) is 103 Å². The number of nitrogens with zero attached hydrogens (tertiary/aromatic N) is 4. The molecular formula is C58H64N4OPt. The summed E-state index contributed by atoms with van der Waals surface area (Å²) in [6.07, 6.45) is 2.80. The third-order valence-electron chi connectivity index (χ3n) is 14.9. The van der Waals surface area contributed by atoms with E-state index in [-0.39, 0.29) is 37.8 Å². The number of aromatic nitrogens is 2. The van der Waals surface area contributed by atoms with Crippen LogP contribution in [-0.4, -0.2) is 20.9 Å². The Labute approximate surface area is 396 Å². The van der Waals surface area contributed by atoms with Crippen molar-refractivity contribution in [3.8, 4) is 17.3 Å². The minimum absolute atomic E-state index is 0. The summed E-state index contributed by atoms with van der Waals surface area (Å²) < 4.78 is 9.21. The van der Waals surface area contributed by atoms with Gasteiger partial charge in [0.2, 0.25) is 0 Å². The molecule has 0 saturated heterocycles. The number of pyridine rings is 1. The Hall–Kier alpha value is -4.99. The molecule has 2 aliphatic rings. The molecule has 0 N–H and O–H groups in total. The Kier molecular flexibility index (Phi) is 11.1. The number of hydrogen-bond donors (Lipinski definition) is 0. The number of benzene rings is 5. The van der Waals surface area contributed by atoms with Crippen LogP contribution in [0.2, 0.25) is 0 Å². The van der Waals surface area contributed by atoms with Crippen molar-refractivity contribution in [2.75, 3.05) is 4.90 Å². The topological polar surface area (TPSA) is 42.6 Å². The van der Waals surface area contributed by atoms with Crippen molar-refractivity contribution < 1.29 is 25.8 Å². The van der Waals surface area contributed by atoms with Gasteiger partial charge in [-0.25, -0.2) is 4.98 Å². The first-order valence-corrected chi connectivity index (χ1v) is 22.8. The molecule has 9 rings (SSSR count). The van der Waals surface area contributed by atoms with Crippen LogP contribution < -0.4 is 9.64 Å². The van der Waals surface area contributed by atoms with Crippen molar-refractivity contribution in [2.24, 2.45) is 4.99 Å². The average Bonchev–Trinajstić information content (AvgIpc) is 3.75. The molecule has 2 aromatic heterocycles. The third kappa shape index (κ3) is 7.07. The molecule has 5 aromatic carbocycles. The van der Waals surface area contributed by atoms with E-state index in [9.17, 15) is 0 Å². The van der Waals surface area contributed by atoms with Crippen molar-refractivity contribution >= 4 is 33.3 Å². The first kappa shape index (κ1) is 45.6. The van der Waals surface area contributed by atoms with E-state index in [1.54, 1.807) is 0 Å². The molecule has 6 heteroatoms. The number of amidine groups is 1. The second-order valence-electron chi connectivity index (χ2n) is 21.4. The van der Waals surface area contributed by atoms with Crippen LogP contribution in [0.1, 0.15) is 142 Å². The van der Waals surface area contributed by atoms with Crippen LogP contribution >= 0.6 is 0 Å². The molecule has 0 radical (unpaired) electrons. The van der Waals surface area contributed by atoms with Gasteiger partial charge in [-0.2, -0.15) is 6.07 Å². The molecule has 2 atom stereocenters. The van der Waals surface area contributed by atoms with Crippen LogP contribution in [0.25, 0.3) is 27.6 Å². The van der Waals surface area contributed by atoms with Gasteiger partial charge in [0.1, 0.15) is 5.82 Å². The van der Waals surface area contributed by atoms with Gasteiger partial charge in [0.25, 0.3) is 0 Å². The first-order valence-electron chi connectivity index (χ1n) is 22.8. The van der Waals surface area contributed by atoms with Crippen LogP contribution in [0.5, 0.6) is 11.5 Å². The minimum atomic E-state index is -0.439. The molecule has 0 bridgehead atoms. The van der Waals surface area contributed by atoms with Crippen molar-refractivity contribution in [3.05, 3.63) is 158 Å². The van der Waals surface area contributed by atoms with Gasteiger partial charge in [-0.15, -0.1) is 34.7 Å². The maximum atomic E-state index is 6.96. The predicted octanol–water partition coefficient (Wildman–Crippen LogP) is 14.6. The fourth-order valence-electron chi connectivity index (χ4n) is 10.3. The number of hydrogen-bond acceptors (Lipinski definition) is 4. The maximum Gasteiger partial charge on any atom is 2.00 e. The van der Waals surface area contributed by atoms with Crippen molar-refractivity contribution in [1.82, 2.24) is 9.55 Å². The van der Waals surface area contributed by atoms with E-state index in [1.165, 1.54) is 72.3 Å². The van der Waals surface area contributed by atoms with E-state index >= 15 is 0 Å². The predicted molar refractivity (Wildman–Crippen MR) is 264 cm³/mol. The molecule has 64 heavy (non-hydrogen) atoms. The van der Waals surface area contributed by atoms with Gasteiger partial charge in [-0.05, 0) is 158 Å². The van der Waals surface area contributed by atoms with Crippen LogP contribution in [0, 0.1) is 53.7 Å². The number of aryl methyl sites for hydroxylation is 3. The second kappa shape index (κ2) is 15.6. The molecule has 7 aromatic rings. The summed E-state index contributed by atoms with van der Waals surface area (Å²) >= 11 is 0. The Bertz CT molecular complexity index is 3040. The summed E-state index contributed by atoms with van der Waals surface area (Å²) in [5, 5.41) is 2.29. The van der Waals surface area contributed by atoms with Gasteiger partial charge in [-0.3, -0.25) is 0 Å². The summed E-state index contributed by atoms with van der Waals surface area (Å²) in [5.41, 5.74) is 17.6. The molecule has 5 nitrogen and oxygen atoms in total. The Morgan fingerprint density at radius 1 is 0.688 bits per heavy atom. The van der Waals surface area contributed by atoms with E-state index < -0.39 is 11.1 Å². The molecule has 0 unspecified atom stereocenters. The molecule has 3 heterocycles. The van der Waals surface area contributed by atoms with E-state index in [2.05, 4.69) is 205 Å². The molecular weight excluding hydrogens is 964 g/mol. The standard InChI is InChI=1S/C58H64N4O.Pt/c1-33(2)40-26-41(54-60-57(15)32-48-37(6)34(3)17-21-49(48)58(57,16)62(54)53-38(7)35(4)25-36(5)39(53)8)28-45(27-40)63-44-19-20-46-47-29-42(55(9,10)11)18-22-50(47)61(51(46)31-44)52-30-43(23-24-59-52)56(12,13)14;/h17-27,29-30,33H,32H2,1-16H3;/q-2;+2/t57-,58+;/m1./s1. The van der Waals surface area contributed by atoms with Gasteiger partial charge < -0.3 is 19.2 Å². The first-order chi connectivity index (χ1) is 29.5. The number of aliphatic imine (C=N–C) groups is 1. The molecule has 0 fully saturated rings. The monoisotopic (exact) mass is 1030 g/mol. The van der Waals surface area contributed by atoms with Gasteiger partial charge in [0.15, 0.2) is 0 Å². The van der Waals surface area contributed by atoms with E-state index in [4.69, 9.17) is 14.7 Å². The summed E-state index contributed by atoms with van der Waals surface area (Å²) in [6.45, 7) is 36.3. The second-order valence-corrected chi connectivity index (χ2v) is 21.4. The normalized spacial score (nSPS) is 18.5. The van der Waals surface area contributed by atoms with E-state index in [1.807, 2.05) is 6.20 Å². The third-order valence-corrected chi connectivity index (χ3v) is 14.9. The van der Waals surface area contributed by atoms with Crippen molar-refractivity contribution in [2.45, 2.75) is 145 Å². The smallest absolute Gasteiger partial charge is 0.503 e. The molecule has 0 spiro atoms. The maximum absolute atomic E-state index is 6.96. The zero-order valence-electron chi connectivity index (χ0n) is 40.8. The summed E-state index contributed by atoms with van der Waals surface area (Å²) in [6, 6.07) is 34.4. The number of anilines is 1. The van der Waals surface area contributed by atoms with Crippen LogP contribution in [0.4, 0.5) is 5.69 Å². The summed E-state index contributed by atoms with van der Waals surface area (Å²) in [7, 11) is 0. The molecule has 1 aliphatic heterocycles. The summed E-state index contributed by atoms with van der Waals surface area (Å²) in [4.78, 5) is 13.4. The molecule has 1 aliphatic carbocycles. The molecule has 0 amide bonds.